The van der Waals surface area contributed by atoms with Crippen LogP contribution in [0.15, 0.2) is 36.9 Å². The molecule has 2 nitrogen and oxygen atoms in total. The topological polar surface area (TPSA) is 18.5 Å². The van der Waals surface area contributed by atoms with Gasteiger partial charge in [0.2, 0.25) is 0 Å². The van der Waals surface area contributed by atoms with E-state index in [0.29, 0.717) is 0 Å². The molecule has 0 fully saturated rings. The lowest BCUT2D eigenvalue weighted by Gasteiger charge is -2.12. The van der Waals surface area contributed by atoms with Crippen LogP contribution in [-0.4, -0.2) is 13.2 Å². The van der Waals surface area contributed by atoms with Crippen molar-refractivity contribution in [3.63, 3.8) is 0 Å². The van der Waals surface area contributed by atoms with Gasteiger partial charge in [0.1, 0.15) is 11.5 Å². The van der Waals surface area contributed by atoms with Gasteiger partial charge >= 0.3 is 0 Å². The summed E-state index contributed by atoms with van der Waals surface area (Å²) >= 11 is 1.74. The maximum absolute atomic E-state index is 6.17. The summed E-state index contributed by atoms with van der Waals surface area (Å²) < 4.78 is 12.2. The van der Waals surface area contributed by atoms with Gasteiger partial charge < -0.3 is 9.47 Å². The number of hydrogen-bond donors (Lipinski definition) is 0. The summed E-state index contributed by atoms with van der Waals surface area (Å²) in [4.78, 5) is 2.40. The Bertz CT molecular complexity index is 805. The van der Waals surface area contributed by atoms with E-state index in [0.717, 1.165) is 43.1 Å². The summed E-state index contributed by atoms with van der Waals surface area (Å²) in [7, 11) is 0. The molecule has 1 aromatic carbocycles. The van der Waals surface area contributed by atoms with Crippen LogP contribution < -0.4 is 9.47 Å². The summed E-state index contributed by atoms with van der Waals surface area (Å²) in [6, 6.07) is 10.5. The molecular weight excluding hydrogens is 424 g/mol. The van der Waals surface area contributed by atoms with Crippen molar-refractivity contribution in [2.45, 2.75) is 90.9 Å². The summed E-state index contributed by atoms with van der Waals surface area (Å²) in [5.41, 5.74) is 1.08. The molecule has 182 valence electrons. The lowest BCUT2D eigenvalue weighted by Crippen LogP contribution is -2.01. The van der Waals surface area contributed by atoms with Crippen molar-refractivity contribution in [2.75, 3.05) is 13.2 Å². The molecular formula is C30H44O2S. The lowest BCUT2D eigenvalue weighted by molar-refractivity contribution is 0.296. The third-order valence-electron chi connectivity index (χ3n) is 5.78. The Morgan fingerprint density at radius 1 is 0.697 bits per heavy atom. The van der Waals surface area contributed by atoms with E-state index >= 15 is 0 Å². The van der Waals surface area contributed by atoms with Gasteiger partial charge in [-0.2, -0.15) is 0 Å². The maximum atomic E-state index is 6.17. The minimum absolute atomic E-state index is 0.768. The number of hydrogen-bond acceptors (Lipinski definition) is 3. The molecule has 0 radical (unpaired) electrons. The van der Waals surface area contributed by atoms with Crippen molar-refractivity contribution in [2.24, 2.45) is 0 Å². The number of benzene rings is 1. The molecule has 0 saturated carbocycles. The number of rotatable bonds is 19. The van der Waals surface area contributed by atoms with Crippen LogP contribution in [0.4, 0.5) is 0 Å². The Kier molecular flexibility index (Phi) is 14.4. The molecule has 0 aliphatic rings. The third kappa shape index (κ3) is 11.6. The summed E-state index contributed by atoms with van der Waals surface area (Å²) in [5.74, 6) is 1.86. The van der Waals surface area contributed by atoms with Crippen LogP contribution >= 0.6 is 11.3 Å². The zero-order chi connectivity index (χ0) is 23.6. The standard InChI is InChI=1S/C30H44O2S/c1-4-7-9-11-13-15-23-31-27-18-22-30(32-24-16-14-12-10-8-5-2)26(25-27)17-19-29-21-20-28(6-3)33-29/h6,17-22,25H,3-5,7-16,23-24H2,1-2H3/b19-17+. The molecule has 0 spiro atoms. The van der Waals surface area contributed by atoms with E-state index in [2.05, 4.69) is 56.8 Å². The van der Waals surface area contributed by atoms with Gasteiger partial charge in [-0.3, -0.25) is 0 Å². The van der Waals surface area contributed by atoms with E-state index in [4.69, 9.17) is 9.47 Å². The van der Waals surface area contributed by atoms with Crippen LogP contribution in [-0.2, 0) is 0 Å². The van der Waals surface area contributed by atoms with Gasteiger partial charge in [-0.15, -0.1) is 11.3 Å². The van der Waals surface area contributed by atoms with Gasteiger partial charge in [0.25, 0.3) is 0 Å². The minimum atomic E-state index is 0.768. The van der Waals surface area contributed by atoms with E-state index in [-0.39, 0.29) is 0 Å². The van der Waals surface area contributed by atoms with Crippen molar-refractivity contribution in [3.05, 3.63) is 52.2 Å². The van der Waals surface area contributed by atoms with Crippen LogP contribution in [0.2, 0.25) is 0 Å². The minimum Gasteiger partial charge on any atom is -0.494 e. The Morgan fingerprint density at radius 2 is 1.30 bits per heavy atom. The quantitative estimate of drug-likeness (QED) is 0.191. The van der Waals surface area contributed by atoms with Crippen molar-refractivity contribution >= 4 is 29.6 Å². The zero-order valence-electron chi connectivity index (χ0n) is 21.0. The third-order valence-corrected chi connectivity index (χ3v) is 6.83. The molecule has 0 aliphatic heterocycles. The van der Waals surface area contributed by atoms with Crippen LogP contribution in [0.25, 0.3) is 18.2 Å². The van der Waals surface area contributed by atoms with Crippen LogP contribution in [0.5, 0.6) is 11.5 Å². The molecule has 0 amide bonds. The molecule has 1 heterocycles. The van der Waals surface area contributed by atoms with Gasteiger partial charge in [-0.1, -0.05) is 90.7 Å². The van der Waals surface area contributed by atoms with Crippen molar-refractivity contribution in [3.8, 4) is 11.5 Å². The molecule has 33 heavy (non-hydrogen) atoms. The largest absolute Gasteiger partial charge is 0.494 e. The molecule has 2 aromatic rings. The molecule has 0 unspecified atom stereocenters. The summed E-state index contributed by atoms with van der Waals surface area (Å²) in [5, 5.41) is 0. The molecule has 1 aromatic heterocycles. The highest BCUT2D eigenvalue weighted by atomic mass is 32.1. The van der Waals surface area contributed by atoms with Gasteiger partial charge in [0, 0.05) is 15.3 Å². The highest BCUT2D eigenvalue weighted by Gasteiger charge is 2.05. The maximum Gasteiger partial charge on any atom is 0.126 e. The molecule has 0 saturated heterocycles. The van der Waals surface area contributed by atoms with Crippen LogP contribution in [0.3, 0.4) is 0 Å². The molecule has 0 atom stereocenters. The average molecular weight is 469 g/mol. The molecule has 0 N–H and O–H groups in total. The first-order chi connectivity index (χ1) is 16.3. The predicted octanol–water partition coefficient (Wildman–Crippen LogP) is 10.0. The molecule has 3 heteroatoms. The molecule has 0 aliphatic carbocycles. The average Bonchev–Trinajstić information content (AvgIpc) is 3.30. The first-order valence-corrected chi connectivity index (χ1v) is 13.9. The number of thiophene rings is 1. The Morgan fingerprint density at radius 3 is 1.94 bits per heavy atom. The predicted molar refractivity (Wildman–Crippen MR) is 148 cm³/mol. The van der Waals surface area contributed by atoms with Gasteiger partial charge in [0.05, 0.1) is 13.2 Å². The van der Waals surface area contributed by atoms with E-state index in [1.54, 1.807) is 11.3 Å². The van der Waals surface area contributed by atoms with E-state index in [9.17, 15) is 0 Å². The number of ether oxygens (including phenoxy) is 2. The lowest BCUT2D eigenvalue weighted by atomic mass is 10.1. The van der Waals surface area contributed by atoms with Gasteiger partial charge in [0.15, 0.2) is 0 Å². The fourth-order valence-electron chi connectivity index (χ4n) is 3.75. The first-order valence-electron chi connectivity index (χ1n) is 13.1. The van der Waals surface area contributed by atoms with Gasteiger partial charge in [-0.25, -0.2) is 0 Å². The monoisotopic (exact) mass is 468 g/mol. The SMILES string of the molecule is C=Cc1ccc(/C=C/c2cc(OCCCCCCCC)ccc2OCCCCCCCC)s1. The van der Waals surface area contributed by atoms with Crippen LogP contribution in [0.1, 0.15) is 106 Å². The van der Waals surface area contributed by atoms with E-state index in [1.807, 2.05) is 12.1 Å². The Balaban J connectivity index is 1.92. The number of unbranched alkanes of at least 4 members (excludes halogenated alkanes) is 10. The Hall–Kier alpha value is -2.00. The van der Waals surface area contributed by atoms with Crippen molar-refractivity contribution in [1.29, 1.82) is 0 Å². The second-order valence-corrected chi connectivity index (χ2v) is 9.86. The second kappa shape index (κ2) is 17.5. The second-order valence-electron chi connectivity index (χ2n) is 8.71. The summed E-state index contributed by atoms with van der Waals surface area (Å²) in [6.45, 7) is 9.92. The summed E-state index contributed by atoms with van der Waals surface area (Å²) in [6.07, 6.45) is 21.5. The molecule has 0 bridgehead atoms. The smallest absolute Gasteiger partial charge is 0.126 e. The van der Waals surface area contributed by atoms with E-state index < -0.39 is 0 Å². The normalized spacial score (nSPS) is 11.2. The fourth-order valence-corrected chi connectivity index (χ4v) is 4.52. The Labute approximate surface area is 206 Å². The van der Waals surface area contributed by atoms with Gasteiger partial charge in [-0.05, 0) is 55.3 Å². The van der Waals surface area contributed by atoms with Crippen molar-refractivity contribution < 1.29 is 9.47 Å². The fraction of sp³-hybridized carbons (Fsp3) is 0.533. The zero-order valence-corrected chi connectivity index (χ0v) is 21.8. The first kappa shape index (κ1) is 27.2. The highest BCUT2D eigenvalue weighted by Crippen LogP contribution is 2.28. The highest BCUT2D eigenvalue weighted by molar-refractivity contribution is 7.13. The van der Waals surface area contributed by atoms with Crippen LogP contribution in [0, 0.1) is 0 Å². The van der Waals surface area contributed by atoms with E-state index in [1.165, 1.54) is 74.0 Å². The molecule has 2 rings (SSSR count). The van der Waals surface area contributed by atoms with Crippen molar-refractivity contribution in [1.82, 2.24) is 0 Å².